The second-order valence-electron chi connectivity index (χ2n) is 8.59. The van der Waals surface area contributed by atoms with Crippen LogP contribution in [-0.2, 0) is 18.3 Å². The van der Waals surface area contributed by atoms with Crippen LogP contribution in [0, 0.1) is 11.8 Å². The molecule has 1 aliphatic carbocycles. The zero-order valence-electron chi connectivity index (χ0n) is 17.1. The minimum atomic E-state index is 0.137. The summed E-state index contributed by atoms with van der Waals surface area (Å²) in [5.74, 6) is 1.30. The van der Waals surface area contributed by atoms with E-state index in [0.29, 0.717) is 18.4 Å². The summed E-state index contributed by atoms with van der Waals surface area (Å²) in [7, 11) is 3.86. The molecule has 1 saturated heterocycles. The zero-order chi connectivity index (χ0) is 19.5. The van der Waals surface area contributed by atoms with Gasteiger partial charge in [0.15, 0.2) is 0 Å². The number of carbonyl (C=O) groups excluding carboxylic acids is 1. The van der Waals surface area contributed by atoms with Gasteiger partial charge in [0.05, 0.1) is 12.2 Å². The second-order valence-corrected chi connectivity index (χ2v) is 8.59. The molecule has 5 nitrogen and oxygen atoms in total. The number of amides is 1. The van der Waals surface area contributed by atoms with Gasteiger partial charge in [-0.05, 0) is 37.2 Å². The first-order valence-electron chi connectivity index (χ1n) is 10.6. The van der Waals surface area contributed by atoms with Crippen LogP contribution in [-0.4, -0.2) is 40.2 Å². The fourth-order valence-corrected chi connectivity index (χ4v) is 5.17. The Labute approximate surface area is 168 Å². The van der Waals surface area contributed by atoms with E-state index in [1.165, 1.54) is 31.2 Å². The van der Waals surface area contributed by atoms with Crippen LogP contribution in [0.1, 0.15) is 49.3 Å². The average molecular weight is 381 g/mol. The van der Waals surface area contributed by atoms with Crippen molar-refractivity contribution in [3.8, 4) is 0 Å². The number of hydrogen-bond donors (Lipinski definition) is 1. The van der Waals surface area contributed by atoms with E-state index in [2.05, 4.69) is 40.7 Å². The molecular formula is C23H32N4O. The van der Waals surface area contributed by atoms with Crippen molar-refractivity contribution < 1.29 is 4.79 Å². The van der Waals surface area contributed by atoms with Crippen molar-refractivity contribution in [1.29, 1.82) is 0 Å². The van der Waals surface area contributed by atoms with E-state index in [-0.39, 0.29) is 11.9 Å². The molecule has 0 bridgehead atoms. The van der Waals surface area contributed by atoms with Gasteiger partial charge in [0.25, 0.3) is 0 Å². The summed E-state index contributed by atoms with van der Waals surface area (Å²) < 4.78 is 1.83. The maximum atomic E-state index is 12.4. The number of carbonyl (C=O) groups is 1. The fraction of sp³-hybridized carbons (Fsp3) is 0.565. The maximum absolute atomic E-state index is 12.4. The van der Waals surface area contributed by atoms with Crippen molar-refractivity contribution in [3.63, 3.8) is 0 Å². The van der Waals surface area contributed by atoms with Crippen LogP contribution in [0.3, 0.4) is 0 Å². The highest BCUT2D eigenvalue weighted by Gasteiger charge is 2.39. The molecule has 2 fully saturated rings. The van der Waals surface area contributed by atoms with Crippen LogP contribution in [0.2, 0.25) is 0 Å². The Bertz CT molecular complexity index is 787. The van der Waals surface area contributed by atoms with Gasteiger partial charge in [-0.3, -0.25) is 9.48 Å². The normalized spacial score (nSPS) is 27.6. The Kier molecular flexibility index (Phi) is 5.81. The highest BCUT2D eigenvalue weighted by molar-refractivity contribution is 5.79. The molecule has 2 heterocycles. The number of hydrogen-bond acceptors (Lipinski definition) is 3. The van der Waals surface area contributed by atoms with Gasteiger partial charge in [-0.2, -0.15) is 5.10 Å². The molecular weight excluding hydrogens is 348 g/mol. The lowest BCUT2D eigenvalue weighted by molar-refractivity contribution is -0.127. The fourth-order valence-electron chi connectivity index (χ4n) is 5.17. The van der Waals surface area contributed by atoms with Crippen molar-refractivity contribution in [2.45, 2.75) is 50.6 Å². The van der Waals surface area contributed by atoms with Crippen LogP contribution >= 0.6 is 0 Å². The van der Waals surface area contributed by atoms with Gasteiger partial charge >= 0.3 is 0 Å². The Morgan fingerprint density at radius 2 is 1.96 bits per heavy atom. The van der Waals surface area contributed by atoms with Gasteiger partial charge in [0, 0.05) is 50.8 Å². The lowest BCUT2D eigenvalue weighted by Gasteiger charge is -2.27. The monoisotopic (exact) mass is 380 g/mol. The van der Waals surface area contributed by atoms with Gasteiger partial charge in [0.1, 0.15) is 0 Å². The minimum Gasteiger partial charge on any atom is -0.338 e. The van der Waals surface area contributed by atoms with E-state index in [1.54, 1.807) is 0 Å². The smallest absolute Gasteiger partial charge is 0.223 e. The number of nitrogens with zero attached hydrogens (tertiary/aromatic N) is 3. The molecule has 1 aliphatic heterocycles. The van der Waals surface area contributed by atoms with Gasteiger partial charge in [-0.1, -0.05) is 36.8 Å². The third-order valence-corrected chi connectivity index (χ3v) is 6.71. The number of rotatable bonds is 7. The van der Waals surface area contributed by atoms with E-state index in [1.807, 2.05) is 36.1 Å². The molecule has 0 radical (unpaired) electrons. The van der Waals surface area contributed by atoms with Crippen molar-refractivity contribution in [1.82, 2.24) is 20.0 Å². The number of aryl methyl sites for hydroxylation is 2. The molecule has 2 aliphatic rings. The third kappa shape index (κ3) is 4.14. The summed E-state index contributed by atoms with van der Waals surface area (Å²) in [4.78, 5) is 14.3. The number of nitrogens with one attached hydrogen (secondary N) is 1. The second kappa shape index (κ2) is 8.48. The quantitative estimate of drug-likeness (QED) is 0.802. The Balaban J connectivity index is 1.35. The summed E-state index contributed by atoms with van der Waals surface area (Å²) in [6, 6.07) is 11.5. The van der Waals surface area contributed by atoms with E-state index in [0.717, 1.165) is 24.4 Å². The Morgan fingerprint density at radius 3 is 2.71 bits per heavy atom. The predicted octanol–water partition coefficient (Wildman–Crippen LogP) is 3.33. The molecule has 0 unspecified atom stereocenters. The topological polar surface area (TPSA) is 50.2 Å². The van der Waals surface area contributed by atoms with E-state index in [9.17, 15) is 4.79 Å². The van der Waals surface area contributed by atoms with Crippen molar-refractivity contribution >= 4 is 5.91 Å². The summed E-state index contributed by atoms with van der Waals surface area (Å²) in [5, 5.41) is 8.17. The first-order valence-corrected chi connectivity index (χ1v) is 10.6. The van der Waals surface area contributed by atoms with Crippen LogP contribution in [0.25, 0.3) is 0 Å². The van der Waals surface area contributed by atoms with Crippen molar-refractivity contribution in [2.75, 3.05) is 13.6 Å². The molecule has 5 heteroatoms. The summed E-state index contributed by atoms with van der Waals surface area (Å²) in [6.07, 6.45) is 10.9. The SMILES string of the molecule is CN1C(=O)C[C@@H](CN[C@H]2CCC[C@@H]2CCc2ccccc2)[C@@H]1c1cnn(C)c1. The minimum absolute atomic E-state index is 0.137. The molecule has 28 heavy (non-hydrogen) atoms. The molecule has 4 atom stereocenters. The molecule has 150 valence electrons. The summed E-state index contributed by atoms with van der Waals surface area (Å²) in [6.45, 7) is 0.905. The molecule has 2 aromatic rings. The third-order valence-electron chi connectivity index (χ3n) is 6.71. The molecule has 1 aromatic carbocycles. The predicted molar refractivity (Wildman–Crippen MR) is 111 cm³/mol. The standard InChI is InChI=1S/C23H32N4O/c1-26-16-20(15-25-26)23-19(13-22(28)27(23)2)14-24-21-10-6-9-18(21)12-11-17-7-4-3-5-8-17/h3-5,7-8,15-16,18-19,21,23-24H,6,9-14H2,1-2H3/t18-,19+,21+,23-/m1/s1. The largest absolute Gasteiger partial charge is 0.338 e. The Morgan fingerprint density at radius 1 is 1.14 bits per heavy atom. The highest BCUT2D eigenvalue weighted by atomic mass is 16.2. The average Bonchev–Trinajstić information content (AvgIpc) is 3.39. The lowest BCUT2D eigenvalue weighted by atomic mass is 9.92. The maximum Gasteiger partial charge on any atom is 0.223 e. The molecule has 1 N–H and O–H groups in total. The van der Waals surface area contributed by atoms with Crippen molar-refractivity contribution in [2.24, 2.45) is 18.9 Å². The highest BCUT2D eigenvalue weighted by Crippen LogP contribution is 2.37. The lowest BCUT2D eigenvalue weighted by Crippen LogP contribution is -2.37. The van der Waals surface area contributed by atoms with Crippen molar-refractivity contribution in [3.05, 3.63) is 53.9 Å². The first-order chi connectivity index (χ1) is 13.6. The van der Waals surface area contributed by atoms with Crippen LogP contribution in [0.15, 0.2) is 42.7 Å². The summed E-state index contributed by atoms with van der Waals surface area (Å²) in [5.41, 5.74) is 2.59. The van der Waals surface area contributed by atoms with E-state index >= 15 is 0 Å². The van der Waals surface area contributed by atoms with Crippen LogP contribution in [0.4, 0.5) is 0 Å². The number of aromatic nitrogens is 2. The van der Waals surface area contributed by atoms with Gasteiger partial charge < -0.3 is 10.2 Å². The number of likely N-dealkylation sites (tertiary alicyclic amines) is 1. The van der Waals surface area contributed by atoms with E-state index < -0.39 is 0 Å². The van der Waals surface area contributed by atoms with Gasteiger partial charge in [0.2, 0.25) is 5.91 Å². The molecule has 1 aromatic heterocycles. The molecule has 0 spiro atoms. The summed E-state index contributed by atoms with van der Waals surface area (Å²) >= 11 is 0. The molecule has 1 amide bonds. The Hall–Kier alpha value is -2.14. The van der Waals surface area contributed by atoms with Crippen LogP contribution < -0.4 is 5.32 Å². The number of benzene rings is 1. The zero-order valence-corrected chi connectivity index (χ0v) is 17.1. The first kappa shape index (κ1) is 19.2. The van der Waals surface area contributed by atoms with Crippen LogP contribution in [0.5, 0.6) is 0 Å². The van der Waals surface area contributed by atoms with Gasteiger partial charge in [-0.25, -0.2) is 0 Å². The van der Waals surface area contributed by atoms with E-state index in [4.69, 9.17) is 0 Å². The molecule has 1 saturated carbocycles. The van der Waals surface area contributed by atoms with Gasteiger partial charge in [-0.15, -0.1) is 0 Å². The molecule has 4 rings (SSSR count).